The molecular weight excluding hydrogens is 360 g/mol. The van der Waals surface area contributed by atoms with Gasteiger partial charge in [0, 0.05) is 37.2 Å². The van der Waals surface area contributed by atoms with Crippen molar-refractivity contribution in [1.29, 1.82) is 0 Å². The van der Waals surface area contributed by atoms with Gasteiger partial charge in [-0.25, -0.2) is 4.98 Å². The fourth-order valence-electron chi connectivity index (χ4n) is 3.73. The van der Waals surface area contributed by atoms with Gasteiger partial charge < -0.3 is 15.1 Å². The standard InChI is InChI=1S/C20H24N4O2S/c1-15-21-17(14-27-15)18(25)23-12-8-20(9-13-23,19(26)24-10-5-11-24)22-16-6-3-2-4-7-16/h2-4,6-7,14,22H,5,8-13H2,1H3. The molecule has 7 heteroatoms. The summed E-state index contributed by atoms with van der Waals surface area (Å²) in [4.78, 5) is 34.0. The first-order valence-corrected chi connectivity index (χ1v) is 10.3. The summed E-state index contributed by atoms with van der Waals surface area (Å²) in [5.74, 6) is 0.123. The van der Waals surface area contributed by atoms with Crippen LogP contribution < -0.4 is 5.32 Å². The van der Waals surface area contributed by atoms with Crippen molar-refractivity contribution in [1.82, 2.24) is 14.8 Å². The molecule has 0 unspecified atom stereocenters. The van der Waals surface area contributed by atoms with Crippen LogP contribution in [0.25, 0.3) is 0 Å². The Balaban J connectivity index is 1.51. The first-order chi connectivity index (χ1) is 13.1. The van der Waals surface area contributed by atoms with E-state index in [-0.39, 0.29) is 11.8 Å². The minimum Gasteiger partial charge on any atom is -0.371 e. The molecule has 0 spiro atoms. The number of hydrogen-bond acceptors (Lipinski definition) is 5. The highest BCUT2D eigenvalue weighted by Crippen LogP contribution is 2.31. The predicted molar refractivity (Wildman–Crippen MR) is 106 cm³/mol. The zero-order valence-electron chi connectivity index (χ0n) is 15.5. The van der Waals surface area contributed by atoms with Crippen LogP contribution in [0.2, 0.25) is 0 Å². The Labute approximate surface area is 163 Å². The summed E-state index contributed by atoms with van der Waals surface area (Å²) in [5.41, 5.74) is 0.813. The second-order valence-corrected chi connectivity index (χ2v) is 8.33. The zero-order valence-corrected chi connectivity index (χ0v) is 16.3. The normalized spacial score (nSPS) is 18.7. The number of aryl methyl sites for hydroxylation is 1. The molecular formula is C20H24N4O2S. The van der Waals surface area contributed by atoms with Gasteiger partial charge in [-0.05, 0) is 38.3 Å². The molecule has 2 aromatic rings. The summed E-state index contributed by atoms with van der Waals surface area (Å²) in [6.45, 7) is 4.66. The number of nitrogens with zero attached hydrogens (tertiary/aromatic N) is 3. The quantitative estimate of drug-likeness (QED) is 0.880. The van der Waals surface area contributed by atoms with Crippen molar-refractivity contribution >= 4 is 28.8 Å². The van der Waals surface area contributed by atoms with Gasteiger partial charge in [-0.3, -0.25) is 9.59 Å². The number of likely N-dealkylation sites (tertiary alicyclic amines) is 2. The van der Waals surface area contributed by atoms with Crippen LogP contribution in [-0.2, 0) is 4.79 Å². The van der Waals surface area contributed by atoms with Crippen LogP contribution in [0.5, 0.6) is 0 Å². The number of hydrogen-bond donors (Lipinski definition) is 1. The van der Waals surface area contributed by atoms with Crippen LogP contribution in [0, 0.1) is 6.92 Å². The lowest BCUT2D eigenvalue weighted by molar-refractivity contribution is -0.141. The molecule has 1 aromatic carbocycles. The summed E-state index contributed by atoms with van der Waals surface area (Å²) in [7, 11) is 0. The van der Waals surface area contributed by atoms with E-state index in [9.17, 15) is 9.59 Å². The highest BCUT2D eigenvalue weighted by atomic mass is 32.1. The molecule has 3 heterocycles. The van der Waals surface area contributed by atoms with Crippen molar-refractivity contribution in [2.45, 2.75) is 31.7 Å². The summed E-state index contributed by atoms with van der Waals surface area (Å²) < 4.78 is 0. The Kier molecular flexibility index (Phi) is 4.86. The highest BCUT2D eigenvalue weighted by molar-refractivity contribution is 7.09. The van der Waals surface area contributed by atoms with Gasteiger partial charge in [0.05, 0.1) is 5.01 Å². The second-order valence-electron chi connectivity index (χ2n) is 7.26. The van der Waals surface area contributed by atoms with Crippen LogP contribution >= 0.6 is 11.3 Å². The second kappa shape index (κ2) is 7.31. The first-order valence-electron chi connectivity index (χ1n) is 9.41. The largest absolute Gasteiger partial charge is 0.371 e. The number of aromatic nitrogens is 1. The molecule has 142 valence electrons. The van der Waals surface area contributed by atoms with Gasteiger partial charge in [-0.15, -0.1) is 11.3 Å². The minimum absolute atomic E-state index is 0.0379. The smallest absolute Gasteiger partial charge is 0.273 e. The van der Waals surface area contributed by atoms with Gasteiger partial charge in [0.2, 0.25) is 5.91 Å². The molecule has 2 saturated heterocycles. The van der Waals surface area contributed by atoms with E-state index in [0.29, 0.717) is 31.6 Å². The summed E-state index contributed by atoms with van der Waals surface area (Å²) in [5, 5.41) is 6.21. The Hall–Kier alpha value is -2.41. The van der Waals surface area contributed by atoms with Crippen LogP contribution in [0.4, 0.5) is 5.69 Å². The summed E-state index contributed by atoms with van der Waals surface area (Å²) in [6.07, 6.45) is 2.28. The lowest BCUT2D eigenvalue weighted by Gasteiger charge is -2.46. The summed E-state index contributed by atoms with van der Waals surface area (Å²) in [6, 6.07) is 9.87. The van der Waals surface area contributed by atoms with Crippen molar-refractivity contribution in [2.75, 3.05) is 31.5 Å². The molecule has 2 aliphatic heterocycles. The number of nitrogens with one attached hydrogen (secondary N) is 1. The average Bonchev–Trinajstić information content (AvgIpc) is 3.07. The number of carbonyl (C=O) groups excluding carboxylic acids is 2. The number of benzene rings is 1. The molecule has 1 N–H and O–H groups in total. The maximum atomic E-state index is 13.2. The molecule has 2 fully saturated rings. The van der Waals surface area contributed by atoms with E-state index in [1.54, 1.807) is 0 Å². The van der Waals surface area contributed by atoms with Crippen molar-refractivity contribution < 1.29 is 9.59 Å². The number of rotatable bonds is 4. The lowest BCUT2D eigenvalue weighted by Crippen LogP contribution is -2.62. The van der Waals surface area contributed by atoms with Crippen LogP contribution in [0.3, 0.4) is 0 Å². The van der Waals surface area contributed by atoms with Gasteiger partial charge in [0.25, 0.3) is 5.91 Å². The fraction of sp³-hybridized carbons (Fsp3) is 0.450. The first kappa shape index (κ1) is 18.0. The van der Waals surface area contributed by atoms with Crippen molar-refractivity contribution in [2.24, 2.45) is 0 Å². The number of thiazole rings is 1. The number of piperidine rings is 1. The van der Waals surface area contributed by atoms with E-state index in [1.165, 1.54) is 11.3 Å². The van der Waals surface area contributed by atoms with Crippen molar-refractivity contribution in [3.05, 3.63) is 46.4 Å². The molecule has 2 amide bonds. The molecule has 2 aliphatic rings. The van der Waals surface area contributed by atoms with Crippen molar-refractivity contribution in [3.63, 3.8) is 0 Å². The van der Waals surface area contributed by atoms with E-state index < -0.39 is 5.54 Å². The van der Waals surface area contributed by atoms with Gasteiger partial charge in [0.15, 0.2) is 0 Å². The van der Waals surface area contributed by atoms with E-state index >= 15 is 0 Å². The molecule has 27 heavy (non-hydrogen) atoms. The molecule has 0 radical (unpaired) electrons. The third kappa shape index (κ3) is 3.56. The van der Waals surface area contributed by atoms with Crippen LogP contribution in [-0.4, -0.2) is 58.3 Å². The van der Waals surface area contributed by atoms with Crippen LogP contribution in [0.15, 0.2) is 35.7 Å². The predicted octanol–water partition coefficient (Wildman–Crippen LogP) is 2.77. The van der Waals surface area contributed by atoms with E-state index in [2.05, 4.69) is 10.3 Å². The molecule has 0 bridgehead atoms. The number of para-hydroxylation sites is 1. The summed E-state index contributed by atoms with van der Waals surface area (Å²) >= 11 is 1.49. The highest BCUT2D eigenvalue weighted by Gasteiger charge is 2.45. The van der Waals surface area contributed by atoms with Gasteiger partial charge in [-0.2, -0.15) is 0 Å². The molecule has 1 aromatic heterocycles. The SMILES string of the molecule is Cc1nc(C(=O)N2CCC(Nc3ccccc3)(C(=O)N3CCC3)CC2)cs1. The van der Waals surface area contributed by atoms with Gasteiger partial charge in [0.1, 0.15) is 11.2 Å². The maximum Gasteiger partial charge on any atom is 0.273 e. The molecule has 4 rings (SSSR count). The zero-order chi connectivity index (χ0) is 18.9. The number of amides is 2. The molecule has 6 nitrogen and oxygen atoms in total. The molecule has 0 aliphatic carbocycles. The Morgan fingerprint density at radius 2 is 1.78 bits per heavy atom. The van der Waals surface area contributed by atoms with E-state index in [1.807, 2.05) is 52.4 Å². The monoisotopic (exact) mass is 384 g/mol. The van der Waals surface area contributed by atoms with E-state index in [4.69, 9.17) is 0 Å². The maximum absolute atomic E-state index is 13.2. The van der Waals surface area contributed by atoms with Gasteiger partial charge >= 0.3 is 0 Å². The topological polar surface area (TPSA) is 65.5 Å². The fourth-order valence-corrected chi connectivity index (χ4v) is 4.31. The van der Waals surface area contributed by atoms with Crippen LogP contribution in [0.1, 0.15) is 34.8 Å². The van der Waals surface area contributed by atoms with Gasteiger partial charge in [-0.1, -0.05) is 18.2 Å². The Morgan fingerprint density at radius 1 is 1.07 bits per heavy atom. The number of carbonyl (C=O) groups is 2. The average molecular weight is 385 g/mol. The van der Waals surface area contributed by atoms with E-state index in [0.717, 1.165) is 30.2 Å². The Morgan fingerprint density at radius 3 is 2.33 bits per heavy atom. The molecule has 0 atom stereocenters. The number of anilines is 1. The third-order valence-corrected chi connectivity index (χ3v) is 6.23. The Bertz CT molecular complexity index is 824. The minimum atomic E-state index is -0.642. The third-order valence-electron chi connectivity index (χ3n) is 5.45. The van der Waals surface area contributed by atoms with Crippen molar-refractivity contribution in [3.8, 4) is 0 Å². The molecule has 0 saturated carbocycles. The lowest BCUT2D eigenvalue weighted by atomic mass is 9.84.